The molecule has 29 heavy (non-hydrogen) atoms. The third-order valence-corrected chi connectivity index (χ3v) is 6.94. The van der Waals surface area contributed by atoms with Gasteiger partial charge in [0.05, 0.1) is 10.7 Å². The van der Waals surface area contributed by atoms with E-state index in [-0.39, 0.29) is 22.1 Å². The molecule has 0 saturated carbocycles. The van der Waals surface area contributed by atoms with Gasteiger partial charge in [-0.1, -0.05) is 37.1 Å². The predicted octanol–water partition coefficient (Wildman–Crippen LogP) is 3.89. The maximum absolute atomic E-state index is 12.9. The van der Waals surface area contributed by atoms with Crippen molar-refractivity contribution in [2.24, 2.45) is 0 Å². The third-order valence-electron chi connectivity index (χ3n) is 5.24. The van der Waals surface area contributed by atoms with Crippen molar-refractivity contribution >= 4 is 21.4 Å². The standard InChI is InChI=1S/C21H24N2O5S/c1-16-8-4-5-9-18(16)15-29(27,28)20-11-10-17(14-19(20)23(25)26)21(24)22-12-6-2-3-7-13-22/h4-5,8-11,14H,2-3,6-7,12-13,15H2,1H3. The van der Waals surface area contributed by atoms with Gasteiger partial charge in [-0.3, -0.25) is 14.9 Å². The molecule has 1 aliphatic rings. The summed E-state index contributed by atoms with van der Waals surface area (Å²) < 4.78 is 25.8. The minimum absolute atomic E-state index is 0.147. The highest BCUT2D eigenvalue weighted by Crippen LogP contribution is 2.29. The summed E-state index contributed by atoms with van der Waals surface area (Å²) in [4.78, 5) is 25.0. The molecule has 2 aromatic rings. The minimum atomic E-state index is -3.95. The quantitative estimate of drug-likeness (QED) is 0.544. The monoisotopic (exact) mass is 416 g/mol. The number of carbonyl (C=O) groups excluding carboxylic acids is 1. The zero-order chi connectivity index (χ0) is 21.0. The van der Waals surface area contributed by atoms with Crippen molar-refractivity contribution in [2.45, 2.75) is 43.3 Å². The van der Waals surface area contributed by atoms with Crippen LogP contribution in [0.3, 0.4) is 0 Å². The number of nitro benzene ring substituents is 1. The van der Waals surface area contributed by atoms with Crippen LogP contribution in [-0.2, 0) is 15.6 Å². The molecule has 1 amide bonds. The Morgan fingerprint density at radius 3 is 2.34 bits per heavy atom. The number of likely N-dealkylation sites (tertiary alicyclic amines) is 1. The van der Waals surface area contributed by atoms with Gasteiger partial charge in [0.15, 0.2) is 9.84 Å². The maximum atomic E-state index is 12.9. The molecule has 0 atom stereocenters. The van der Waals surface area contributed by atoms with Gasteiger partial charge in [-0.2, -0.15) is 0 Å². The van der Waals surface area contributed by atoms with Crippen LogP contribution < -0.4 is 0 Å². The van der Waals surface area contributed by atoms with Gasteiger partial charge >= 0.3 is 0 Å². The Hall–Kier alpha value is -2.74. The zero-order valence-electron chi connectivity index (χ0n) is 16.3. The molecule has 1 saturated heterocycles. The summed E-state index contributed by atoms with van der Waals surface area (Å²) in [5.41, 5.74) is 0.978. The van der Waals surface area contributed by atoms with Crippen LogP contribution in [0.5, 0.6) is 0 Å². The highest BCUT2D eigenvalue weighted by Gasteiger charge is 2.29. The van der Waals surface area contributed by atoms with Gasteiger partial charge in [-0.15, -0.1) is 0 Å². The van der Waals surface area contributed by atoms with Crippen LogP contribution in [0, 0.1) is 17.0 Å². The molecule has 0 bridgehead atoms. The average Bonchev–Trinajstić information content (AvgIpc) is 2.98. The number of hydrogen-bond acceptors (Lipinski definition) is 5. The molecular formula is C21H24N2O5S. The molecule has 0 spiro atoms. The van der Waals surface area contributed by atoms with Gasteiger partial charge in [0.25, 0.3) is 11.6 Å². The lowest BCUT2D eigenvalue weighted by Gasteiger charge is -2.20. The van der Waals surface area contributed by atoms with Gasteiger partial charge in [0, 0.05) is 24.7 Å². The molecule has 154 valence electrons. The van der Waals surface area contributed by atoms with E-state index in [4.69, 9.17) is 0 Å². The van der Waals surface area contributed by atoms with E-state index < -0.39 is 20.4 Å². The van der Waals surface area contributed by atoms with Crippen molar-refractivity contribution in [3.05, 3.63) is 69.3 Å². The molecule has 1 heterocycles. The summed E-state index contributed by atoms with van der Waals surface area (Å²) in [7, 11) is -3.95. The largest absolute Gasteiger partial charge is 0.339 e. The van der Waals surface area contributed by atoms with Crippen LogP contribution in [0.1, 0.15) is 47.2 Å². The summed E-state index contributed by atoms with van der Waals surface area (Å²) in [5, 5.41) is 11.6. The third kappa shape index (κ3) is 4.82. The number of hydrogen-bond donors (Lipinski definition) is 0. The van der Waals surface area contributed by atoms with E-state index in [2.05, 4.69) is 0 Å². The lowest BCUT2D eigenvalue weighted by atomic mass is 10.1. The number of nitrogens with zero attached hydrogens (tertiary/aromatic N) is 2. The number of nitro groups is 1. The fourth-order valence-electron chi connectivity index (χ4n) is 3.57. The number of aryl methyl sites for hydroxylation is 1. The lowest BCUT2D eigenvalue weighted by molar-refractivity contribution is -0.387. The van der Waals surface area contributed by atoms with Crippen molar-refractivity contribution in [1.82, 2.24) is 4.90 Å². The van der Waals surface area contributed by atoms with Crippen molar-refractivity contribution in [1.29, 1.82) is 0 Å². The first kappa shape index (κ1) is 21.0. The Morgan fingerprint density at radius 2 is 1.72 bits per heavy atom. The van der Waals surface area contributed by atoms with Gasteiger partial charge in [0.2, 0.25) is 0 Å². The molecule has 1 aliphatic heterocycles. The van der Waals surface area contributed by atoms with E-state index in [1.54, 1.807) is 36.1 Å². The van der Waals surface area contributed by atoms with Crippen LogP contribution >= 0.6 is 0 Å². The molecule has 1 fully saturated rings. The van der Waals surface area contributed by atoms with Crippen LogP contribution in [0.2, 0.25) is 0 Å². The second-order valence-electron chi connectivity index (χ2n) is 7.33. The van der Waals surface area contributed by atoms with E-state index >= 15 is 0 Å². The van der Waals surface area contributed by atoms with Crippen LogP contribution in [0.15, 0.2) is 47.4 Å². The fourth-order valence-corrected chi connectivity index (χ4v) is 5.18. The molecule has 8 heteroatoms. The van der Waals surface area contributed by atoms with Crippen molar-refractivity contribution in [2.75, 3.05) is 13.1 Å². The number of carbonyl (C=O) groups is 1. The Bertz CT molecular complexity index is 1030. The SMILES string of the molecule is Cc1ccccc1CS(=O)(=O)c1ccc(C(=O)N2CCCCCC2)cc1[N+](=O)[O-]. The van der Waals surface area contributed by atoms with E-state index in [9.17, 15) is 23.3 Å². The molecule has 2 aromatic carbocycles. The fraction of sp³-hybridized carbons (Fsp3) is 0.381. The maximum Gasteiger partial charge on any atom is 0.288 e. The van der Waals surface area contributed by atoms with Crippen LogP contribution in [-0.4, -0.2) is 37.2 Å². The number of amides is 1. The van der Waals surface area contributed by atoms with E-state index in [0.717, 1.165) is 37.3 Å². The molecule has 3 rings (SSSR count). The number of rotatable bonds is 5. The topological polar surface area (TPSA) is 97.6 Å². The predicted molar refractivity (Wildman–Crippen MR) is 110 cm³/mol. The second kappa shape index (κ2) is 8.73. The van der Waals surface area contributed by atoms with Gasteiger partial charge < -0.3 is 4.90 Å². The Labute approximate surface area is 170 Å². The molecule has 7 nitrogen and oxygen atoms in total. The van der Waals surface area contributed by atoms with Gasteiger partial charge in [0.1, 0.15) is 4.90 Å². The lowest BCUT2D eigenvalue weighted by Crippen LogP contribution is -2.31. The van der Waals surface area contributed by atoms with Crippen LogP contribution in [0.4, 0.5) is 5.69 Å². The molecule has 0 aromatic heterocycles. The van der Waals surface area contributed by atoms with Crippen molar-refractivity contribution in [3.8, 4) is 0 Å². The number of sulfone groups is 1. The first-order valence-corrected chi connectivity index (χ1v) is 11.3. The average molecular weight is 416 g/mol. The summed E-state index contributed by atoms with van der Waals surface area (Å²) in [6.07, 6.45) is 3.91. The molecule has 0 unspecified atom stereocenters. The highest BCUT2D eigenvalue weighted by molar-refractivity contribution is 7.90. The van der Waals surface area contributed by atoms with E-state index in [0.29, 0.717) is 18.7 Å². The zero-order valence-corrected chi connectivity index (χ0v) is 17.2. The van der Waals surface area contributed by atoms with Gasteiger partial charge in [-0.05, 0) is 43.0 Å². The smallest absolute Gasteiger partial charge is 0.288 e. The van der Waals surface area contributed by atoms with E-state index in [1.165, 1.54) is 12.1 Å². The Morgan fingerprint density at radius 1 is 1.07 bits per heavy atom. The minimum Gasteiger partial charge on any atom is -0.339 e. The van der Waals surface area contributed by atoms with Gasteiger partial charge in [-0.25, -0.2) is 8.42 Å². The molecular weight excluding hydrogens is 392 g/mol. The highest BCUT2D eigenvalue weighted by atomic mass is 32.2. The molecule has 0 N–H and O–H groups in total. The summed E-state index contributed by atoms with van der Waals surface area (Å²) in [6.45, 7) is 3.02. The number of benzene rings is 2. The van der Waals surface area contributed by atoms with Crippen molar-refractivity contribution in [3.63, 3.8) is 0 Å². The molecule has 0 aliphatic carbocycles. The Balaban J connectivity index is 1.94. The summed E-state index contributed by atoms with van der Waals surface area (Å²) >= 11 is 0. The first-order valence-electron chi connectivity index (χ1n) is 9.64. The summed E-state index contributed by atoms with van der Waals surface area (Å²) in [6, 6.07) is 10.7. The summed E-state index contributed by atoms with van der Waals surface area (Å²) in [5.74, 6) is -0.627. The molecule has 0 radical (unpaired) electrons. The first-order chi connectivity index (χ1) is 13.8. The van der Waals surface area contributed by atoms with Crippen LogP contribution in [0.25, 0.3) is 0 Å². The van der Waals surface area contributed by atoms with Crippen molar-refractivity contribution < 1.29 is 18.1 Å². The normalized spacial score (nSPS) is 15.0. The second-order valence-corrected chi connectivity index (χ2v) is 9.29. The van der Waals surface area contributed by atoms with E-state index in [1.807, 2.05) is 0 Å². The Kier molecular flexibility index (Phi) is 6.32.